The molecular formula is C30H43N7O4S. The summed E-state index contributed by atoms with van der Waals surface area (Å²) in [6.45, 7) is 5.88. The first kappa shape index (κ1) is 31.3. The fourth-order valence-electron chi connectivity index (χ4n) is 5.78. The molecule has 1 aromatic heterocycles. The lowest BCUT2D eigenvalue weighted by atomic mass is 9.79. The summed E-state index contributed by atoms with van der Waals surface area (Å²) in [4.78, 5) is 24.9. The number of aliphatic hydroxyl groups is 1. The Labute approximate surface area is 248 Å². The number of aliphatic imine (C=N–C) groups is 1. The number of carbonyl (C=O) groups is 1. The standard InChI is InChI=1S/C28H37N7O4S.C2H6/c29-12-3-14-30-23-7-8-25-32-26(23)31-13-2-1-4-20-19-35(15-11-28(20)9-10-28)24-18-21(34-40(38,39)17-16-36)5-6-22(24)27(37)33-25;1-2/h3,5-8,12,14,18,20,34,36H,1-2,4,9-11,13,15-17,19,29H2,(H2,31,32,33,37);1-2H3/b12-3-,30-14?;. The molecule has 12 heteroatoms. The van der Waals surface area contributed by atoms with Crippen molar-refractivity contribution in [1.29, 1.82) is 0 Å². The average Bonchev–Trinajstić information content (AvgIpc) is 3.75. The largest absolute Gasteiger partial charge is 0.405 e. The summed E-state index contributed by atoms with van der Waals surface area (Å²) in [5.74, 6) is 0.717. The first-order chi connectivity index (χ1) is 20.3. The minimum Gasteiger partial charge on any atom is -0.405 e. The summed E-state index contributed by atoms with van der Waals surface area (Å²) in [5.41, 5.74) is 7.93. The zero-order chi connectivity index (χ0) is 30.2. The summed E-state index contributed by atoms with van der Waals surface area (Å²) < 4.78 is 27.3. The monoisotopic (exact) mass is 597 g/mol. The fourth-order valence-corrected chi connectivity index (χ4v) is 6.61. The van der Waals surface area contributed by atoms with E-state index in [-0.39, 0.29) is 5.91 Å². The maximum absolute atomic E-state index is 13.6. The lowest BCUT2D eigenvalue weighted by molar-refractivity contribution is 0.102. The molecule has 1 amide bonds. The topological polar surface area (TPSA) is 162 Å². The molecule has 4 bridgehead atoms. The number of rotatable bonds is 6. The number of aromatic nitrogens is 1. The molecule has 228 valence electrons. The number of carbonyl (C=O) groups excluding carboxylic acids is 1. The van der Waals surface area contributed by atoms with E-state index in [2.05, 4.69) is 30.2 Å². The Balaban J connectivity index is 0.00000198. The number of hydrogen-bond acceptors (Lipinski definition) is 9. The number of pyridine rings is 1. The minimum atomic E-state index is -3.71. The molecule has 3 aliphatic rings. The molecule has 6 N–H and O–H groups in total. The van der Waals surface area contributed by atoms with Gasteiger partial charge in [0.15, 0.2) is 5.82 Å². The smallest absolute Gasteiger partial charge is 0.258 e. The van der Waals surface area contributed by atoms with E-state index in [0.717, 1.165) is 45.3 Å². The Hall–Kier alpha value is -3.64. The van der Waals surface area contributed by atoms with Crippen LogP contribution in [0.5, 0.6) is 0 Å². The number of nitrogens with one attached hydrogen (secondary N) is 3. The van der Waals surface area contributed by atoms with Gasteiger partial charge in [-0.25, -0.2) is 13.4 Å². The molecule has 11 nitrogen and oxygen atoms in total. The van der Waals surface area contributed by atoms with Crippen molar-refractivity contribution in [2.24, 2.45) is 22.1 Å². The molecule has 2 aliphatic heterocycles. The van der Waals surface area contributed by atoms with Gasteiger partial charge < -0.3 is 26.4 Å². The van der Waals surface area contributed by atoms with Gasteiger partial charge in [-0.05, 0) is 86.0 Å². The molecule has 1 atom stereocenters. The van der Waals surface area contributed by atoms with E-state index in [1.165, 1.54) is 19.0 Å². The number of nitrogens with two attached hydrogens (primary N) is 1. The van der Waals surface area contributed by atoms with Gasteiger partial charge in [0.25, 0.3) is 5.91 Å². The number of piperidine rings is 1. The fraction of sp³-hybridized carbons (Fsp3) is 0.500. The van der Waals surface area contributed by atoms with Crippen molar-refractivity contribution in [3.63, 3.8) is 0 Å². The number of benzene rings is 1. The molecule has 1 aromatic carbocycles. The predicted molar refractivity (Wildman–Crippen MR) is 170 cm³/mol. The molecule has 2 fully saturated rings. The van der Waals surface area contributed by atoms with E-state index in [0.29, 0.717) is 45.6 Å². The van der Waals surface area contributed by atoms with Crippen molar-refractivity contribution < 1.29 is 18.3 Å². The quantitative estimate of drug-likeness (QED) is 0.305. The van der Waals surface area contributed by atoms with Crippen LogP contribution in [0.2, 0.25) is 0 Å². The van der Waals surface area contributed by atoms with Gasteiger partial charge in [0.2, 0.25) is 10.0 Å². The third kappa shape index (κ3) is 7.60. The van der Waals surface area contributed by atoms with E-state index in [9.17, 15) is 13.2 Å². The van der Waals surface area contributed by atoms with Crippen molar-refractivity contribution in [2.45, 2.75) is 52.4 Å². The van der Waals surface area contributed by atoms with Crippen LogP contribution in [0, 0.1) is 11.3 Å². The van der Waals surface area contributed by atoms with E-state index in [1.54, 1.807) is 42.6 Å². The van der Waals surface area contributed by atoms with Crippen molar-refractivity contribution in [2.75, 3.05) is 52.2 Å². The number of sulfonamides is 1. The van der Waals surface area contributed by atoms with Crippen LogP contribution in [-0.2, 0) is 10.0 Å². The molecular weight excluding hydrogens is 554 g/mol. The number of amides is 1. The molecule has 42 heavy (non-hydrogen) atoms. The zero-order valence-corrected chi connectivity index (χ0v) is 25.3. The minimum absolute atomic E-state index is 0.335. The Bertz CT molecular complexity index is 1410. The van der Waals surface area contributed by atoms with Crippen LogP contribution in [0.1, 0.15) is 62.7 Å². The molecule has 0 radical (unpaired) electrons. The number of anilines is 4. The molecule has 1 spiro atoms. The van der Waals surface area contributed by atoms with Crippen molar-refractivity contribution in [1.82, 2.24) is 4.98 Å². The van der Waals surface area contributed by atoms with Gasteiger partial charge in [0.1, 0.15) is 11.5 Å². The summed E-state index contributed by atoms with van der Waals surface area (Å²) in [6.07, 6.45) is 11.3. The van der Waals surface area contributed by atoms with Gasteiger partial charge in [0.05, 0.1) is 29.3 Å². The normalized spacial score (nSPS) is 20.0. The third-order valence-corrected chi connectivity index (χ3v) is 9.36. The molecule has 2 aromatic rings. The SMILES string of the molecule is CC.N/C=C\C=Nc1ccc2nc1NCCCCC1CN(CCC13CC3)c1cc(NS(=O)(=O)CCO)ccc1C(=O)N2. The Morgan fingerprint density at radius 3 is 2.76 bits per heavy atom. The van der Waals surface area contributed by atoms with Crippen LogP contribution in [0.25, 0.3) is 0 Å². The van der Waals surface area contributed by atoms with Gasteiger partial charge in [-0.3, -0.25) is 14.5 Å². The van der Waals surface area contributed by atoms with Crippen LogP contribution >= 0.6 is 0 Å². The van der Waals surface area contributed by atoms with E-state index in [4.69, 9.17) is 10.8 Å². The maximum atomic E-state index is 13.6. The number of fused-ring (bicyclic) bond motifs is 7. The molecule has 1 saturated heterocycles. The molecule has 1 aliphatic carbocycles. The second-order valence-corrected chi connectivity index (χ2v) is 12.6. The van der Waals surface area contributed by atoms with Crippen LogP contribution in [0.3, 0.4) is 0 Å². The zero-order valence-electron chi connectivity index (χ0n) is 24.5. The van der Waals surface area contributed by atoms with Crippen LogP contribution < -0.4 is 26.0 Å². The lowest BCUT2D eigenvalue weighted by Crippen LogP contribution is -2.42. The summed E-state index contributed by atoms with van der Waals surface area (Å²) in [5, 5.41) is 15.4. The first-order valence-corrected chi connectivity index (χ1v) is 16.5. The number of aliphatic hydroxyl groups excluding tert-OH is 1. The summed E-state index contributed by atoms with van der Waals surface area (Å²) in [6, 6.07) is 8.44. The Morgan fingerprint density at radius 1 is 1.21 bits per heavy atom. The predicted octanol–water partition coefficient (Wildman–Crippen LogP) is 4.47. The average molecular weight is 598 g/mol. The van der Waals surface area contributed by atoms with E-state index >= 15 is 0 Å². The highest BCUT2D eigenvalue weighted by atomic mass is 32.2. The van der Waals surface area contributed by atoms with Crippen molar-refractivity contribution in [3.05, 3.63) is 48.2 Å². The van der Waals surface area contributed by atoms with Crippen LogP contribution in [-0.4, -0.2) is 62.6 Å². The highest BCUT2D eigenvalue weighted by molar-refractivity contribution is 7.92. The van der Waals surface area contributed by atoms with Gasteiger partial charge in [0, 0.05) is 25.8 Å². The second-order valence-electron chi connectivity index (χ2n) is 10.7. The number of hydrogen-bond donors (Lipinski definition) is 5. The van der Waals surface area contributed by atoms with E-state index in [1.807, 2.05) is 13.8 Å². The Morgan fingerprint density at radius 2 is 2.02 bits per heavy atom. The van der Waals surface area contributed by atoms with Crippen LogP contribution in [0.4, 0.5) is 28.7 Å². The number of allylic oxidation sites excluding steroid dienone is 1. The molecule has 1 unspecified atom stereocenters. The second kappa shape index (κ2) is 14.0. The molecule has 3 heterocycles. The maximum Gasteiger partial charge on any atom is 0.258 e. The van der Waals surface area contributed by atoms with Crippen LogP contribution in [0.15, 0.2) is 47.6 Å². The van der Waals surface area contributed by atoms with E-state index < -0.39 is 22.4 Å². The van der Waals surface area contributed by atoms with Crippen molar-refractivity contribution >= 4 is 50.8 Å². The summed E-state index contributed by atoms with van der Waals surface area (Å²) >= 11 is 0. The van der Waals surface area contributed by atoms with Gasteiger partial charge in [-0.15, -0.1) is 0 Å². The van der Waals surface area contributed by atoms with Gasteiger partial charge in [-0.2, -0.15) is 0 Å². The Kier molecular flexibility index (Phi) is 10.4. The highest BCUT2D eigenvalue weighted by Gasteiger charge is 2.51. The molecule has 1 saturated carbocycles. The van der Waals surface area contributed by atoms with Gasteiger partial charge >= 0.3 is 0 Å². The van der Waals surface area contributed by atoms with Crippen molar-refractivity contribution in [3.8, 4) is 0 Å². The highest BCUT2D eigenvalue weighted by Crippen LogP contribution is 2.58. The lowest BCUT2D eigenvalue weighted by Gasteiger charge is -2.41. The molecule has 5 rings (SSSR count). The first-order valence-electron chi connectivity index (χ1n) is 14.8. The third-order valence-electron chi connectivity index (χ3n) is 8.09. The van der Waals surface area contributed by atoms with Gasteiger partial charge in [-0.1, -0.05) is 20.3 Å². The number of nitrogens with zero attached hydrogens (tertiary/aromatic N) is 3. The summed E-state index contributed by atoms with van der Waals surface area (Å²) in [7, 11) is -3.71.